The lowest BCUT2D eigenvalue weighted by molar-refractivity contribution is -0.161. The molecule has 1 aliphatic carbocycles. The van der Waals surface area contributed by atoms with Gasteiger partial charge in [0.1, 0.15) is 12.7 Å². The summed E-state index contributed by atoms with van der Waals surface area (Å²) in [6, 6.07) is 0. The van der Waals surface area contributed by atoms with Gasteiger partial charge in [0.2, 0.25) is 0 Å². The summed E-state index contributed by atoms with van der Waals surface area (Å²) in [4.78, 5) is 11.7. The van der Waals surface area contributed by atoms with Gasteiger partial charge in [-0.2, -0.15) is 0 Å². The molecule has 1 heterocycles. The Balaban J connectivity index is 1.64. The molecular weight excluding hydrogens is 230 g/mol. The molecule has 1 saturated carbocycles. The van der Waals surface area contributed by atoms with Crippen molar-refractivity contribution >= 4 is 5.97 Å². The van der Waals surface area contributed by atoms with Gasteiger partial charge < -0.3 is 14.8 Å². The van der Waals surface area contributed by atoms with Crippen molar-refractivity contribution in [3.05, 3.63) is 0 Å². The Hall–Kier alpha value is -0.610. The normalized spacial score (nSPS) is 30.1. The number of piperidine rings is 1. The van der Waals surface area contributed by atoms with Gasteiger partial charge in [-0.25, -0.2) is 4.79 Å². The lowest BCUT2D eigenvalue weighted by Gasteiger charge is -2.29. The zero-order chi connectivity index (χ0) is 12.8. The van der Waals surface area contributed by atoms with E-state index < -0.39 is 0 Å². The van der Waals surface area contributed by atoms with Gasteiger partial charge in [0.05, 0.1) is 6.10 Å². The second-order valence-electron chi connectivity index (χ2n) is 5.55. The quantitative estimate of drug-likeness (QED) is 0.779. The van der Waals surface area contributed by atoms with Gasteiger partial charge >= 0.3 is 5.97 Å². The van der Waals surface area contributed by atoms with E-state index in [9.17, 15) is 4.79 Å². The van der Waals surface area contributed by atoms with Gasteiger partial charge in [-0.05, 0) is 51.1 Å². The molecule has 4 nitrogen and oxygen atoms in total. The van der Waals surface area contributed by atoms with Crippen molar-refractivity contribution in [1.82, 2.24) is 5.32 Å². The molecule has 0 aromatic rings. The Morgan fingerprint density at radius 1 is 1.17 bits per heavy atom. The van der Waals surface area contributed by atoms with Crippen molar-refractivity contribution in [1.29, 1.82) is 0 Å². The summed E-state index contributed by atoms with van der Waals surface area (Å²) in [7, 11) is 0. The van der Waals surface area contributed by atoms with Crippen molar-refractivity contribution < 1.29 is 14.3 Å². The molecule has 1 aliphatic heterocycles. The molecule has 0 aromatic heterocycles. The van der Waals surface area contributed by atoms with Crippen LogP contribution >= 0.6 is 0 Å². The number of carbonyl (C=O) groups excluding carboxylic acids is 1. The summed E-state index contributed by atoms with van der Waals surface area (Å²) in [6.45, 7) is 4.26. The molecule has 1 N–H and O–H groups in total. The maximum atomic E-state index is 11.7. The summed E-state index contributed by atoms with van der Waals surface area (Å²) in [5, 5.41) is 3.28. The highest BCUT2D eigenvalue weighted by atomic mass is 16.6. The number of nitrogens with one attached hydrogen (secondary N) is 1. The average Bonchev–Trinajstić information content (AvgIpc) is 2.40. The number of carbonyl (C=O) groups is 1. The van der Waals surface area contributed by atoms with E-state index in [1.54, 1.807) is 0 Å². The zero-order valence-corrected chi connectivity index (χ0v) is 11.3. The van der Waals surface area contributed by atoms with Crippen LogP contribution < -0.4 is 5.32 Å². The molecule has 104 valence electrons. The van der Waals surface area contributed by atoms with Gasteiger partial charge in [0.25, 0.3) is 0 Å². The number of esters is 1. The number of rotatable bonds is 4. The first kappa shape index (κ1) is 13.8. The monoisotopic (exact) mass is 255 g/mol. The SMILES string of the molecule is CC1CCCCC1OC(=O)COC1CCNCC1. The minimum Gasteiger partial charge on any atom is -0.460 e. The Labute approximate surface area is 109 Å². The van der Waals surface area contributed by atoms with E-state index in [0.717, 1.165) is 32.4 Å². The molecule has 1 saturated heterocycles. The van der Waals surface area contributed by atoms with E-state index in [1.165, 1.54) is 19.3 Å². The van der Waals surface area contributed by atoms with Crippen LogP contribution in [-0.2, 0) is 14.3 Å². The third-order valence-electron chi connectivity index (χ3n) is 4.04. The minimum atomic E-state index is -0.188. The highest BCUT2D eigenvalue weighted by molar-refractivity contribution is 5.70. The van der Waals surface area contributed by atoms with Crippen molar-refractivity contribution in [2.75, 3.05) is 19.7 Å². The van der Waals surface area contributed by atoms with Crippen LogP contribution in [0, 0.1) is 5.92 Å². The number of hydrogen-bond donors (Lipinski definition) is 1. The zero-order valence-electron chi connectivity index (χ0n) is 11.3. The molecule has 0 bridgehead atoms. The van der Waals surface area contributed by atoms with E-state index in [1.807, 2.05) is 0 Å². The molecule has 2 atom stereocenters. The van der Waals surface area contributed by atoms with Crippen molar-refractivity contribution in [3.63, 3.8) is 0 Å². The van der Waals surface area contributed by atoms with Crippen LogP contribution in [-0.4, -0.2) is 37.9 Å². The fourth-order valence-electron chi connectivity index (χ4n) is 2.81. The van der Waals surface area contributed by atoms with Gasteiger partial charge in [-0.15, -0.1) is 0 Å². The highest BCUT2D eigenvalue weighted by Crippen LogP contribution is 2.26. The maximum absolute atomic E-state index is 11.7. The van der Waals surface area contributed by atoms with Crippen LogP contribution in [0.1, 0.15) is 45.4 Å². The van der Waals surface area contributed by atoms with Crippen LogP contribution in [0.5, 0.6) is 0 Å². The molecule has 2 fully saturated rings. The molecule has 18 heavy (non-hydrogen) atoms. The molecule has 0 amide bonds. The lowest BCUT2D eigenvalue weighted by Crippen LogP contribution is -2.35. The molecule has 0 radical (unpaired) electrons. The Morgan fingerprint density at radius 2 is 1.89 bits per heavy atom. The van der Waals surface area contributed by atoms with Gasteiger partial charge in [-0.1, -0.05) is 13.3 Å². The fourth-order valence-corrected chi connectivity index (χ4v) is 2.81. The first-order chi connectivity index (χ1) is 8.75. The first-order valence-electron chi connectivity index (χ1n) is 7.27. The standard InChI is InChI=1S/C14H25NO3/c1-11-4-2-3-5-13(11)18-14(16)10-17-12-6-8-15-9-7-12/h11-13,15H,2-10H2,1H3. The molecule has 0 spiro atoms. The van der Waals surface area contributed by atoms with Crippen LogP contribution in [0.25, 0.3) is 0 Å². The molecule has 2 rings (SSSR count). The largest absolute Gasteiger partial charge is 0.460 e. The summed E-state index contributed by atoms with van der Waals surface area (Å²) >= 11 is 0. The van der Waals surface area contributed by atoms with Crippen LogP contribution in [0.4, 0.5) is 0 Å². The summed E-state index contributed by atoms with van der Waals surface area (Å²) in [5.41, 5.74) is 0. The van der Waals surface area contributed by atoms with Crippen molar-refractivity contribution in [3.8, 4) is 0 Å². The van der Waals surface area contributed by atoms with Crippen LogP contribution in [0.2, 0.25) is 0 Å². The molecule has 4 heteroatoms. The Kier molecular flexibility index (Phi) is 5.45. The number of ether oxygens (including phenoxy) is 2. The smallest absolute Gasteiger partial charge is 0.332 e. The first-order valence-corrected chi connectivity index (χ1v) is 7.27. The molecule has 2 unspecified atom stereocenters. The van der Waals surface area contributed by atoms with Crippen LogP contribution in [0.15, 0.2) is 0 Å². The molecule has 2 aliphatic rings. The number of hydrogen-bond acceptors (Lipinski definition) is 4. The Morgan fingerprint density at radius 3 is 2.61 bits per heavy atom. The topological polar surface area (TPSA) is 47.6 Å². The summed E-state index contributed by atoms with van der Waals surface area (Å²) in [6.07, 6.45) is 6.96. The van der Waals surface area contributed by atoms with Crippen LogP contribution in [0.3, 0.4) is 0 Å². The van der Waals surface area contributed by atoms with Gasteiger partial charge in [0.15, 0.2) is 0 Å². The minimum absolute atomic E-state index is 0.114. The van der Waals surface area contributed by atoms with Gasteiger partial charge in [0, 0.05) is 0 Å². The van der Waals surface area contributed by atoms with Crippen molar-refractivity contribution in [2.45, 2.75) is 57.7 Å². The maximum Gasteiger partial charge on any atom is 0.332 e. The van der Waals surface area contributed by atoms with Gasteiger partial charge in [-0.3, -0.25) is 0 Å². The van der Waals surface area contributed by atoms with E-state index in [0.29, 0.717) is 5.92 Å². The molecular formula is C14H25NO3. The predicted molar refractivity (Wildman–Crippen MR) is 69.4 cm³/mol. The third kappa shape index (κ3) is 4.25. The average molecular weight is 255 g/mol. The predicted octanol–water partition coefficient (Wildman–Crippen LogP) is 1.88. The lowest BCUT2D eigenvalue weighted by atomic mass is 9.88. The highest BCUT2D eigenvalue weighted by Gasteiger charge is 2.25. The Bertz CT molecular complexity index is 264. The van der Waals surface area contributed by atoms with E-state index in [-0.39, 0.29) is 24.8 Å². The fraction of sp³-hybridized carbons (Fsp3) is 0.929. The second-order valence-corrected chi connectivity index (χ2v) is 5.55. The summed E-state index contributed by atoms with van der Waals surface area (Å²) in [5.74, 6) is 0.314. The van der Waals surface area contributed by atoms with E-state index in [2.05, 4.69) is 12.2 Å². The second kappa shape index (κ2) is 7.10. The van der Waals surface area contributed by atoms with E-state index >= 15 is 0 Å². The van der Waals surface area contributed by atoms with E-state index in [4.69, 9.17) is 9.47 Å². The van der Waals surface area contributed by atoms with Crippen molar-refractivity contribution in [2.24, 2.45) is 5.92 Å². The third-order valence-corrected chi connectivity index (χ3v) is 4.04. The molecule has 0 aromatic carbocycles. The summed E-state index contributed by atoms with van der Waals surface area (Å²) < 4.78 is 11.1.